The van der Waals surface area contributed by atoms with Crippen LogP contribution in [0.2, 0.25) is 0 Å². The maximum absolute atomic E-state index is 8.56. The molecule has 1 heterocycles. The largest absolute Gasteiger partial charge is 1.00 e. The van der Waals surface area contributed by atoms with Gasteiger partial charge in [-0.1, -0.05) is 12.1 Å². The molecule has 0 aliphatic rings. The van der Waals surface area contributed by atoms with Crippen molar-refractivity contribution in [3.05, 3.63) is 42.5 Å². The van der Waals surface area contributed by atoms with Gasteiger partial charge in [0.2, 0.25) is 0 Å². The molecule has 1 unspecified atom stereocenters. The fourth-order valence-electron chi connectivity index (χ4n) is 1.86. The van der Waals surface area contributed by atoms with Crippen LogP contribution in [-0.4, -0.2) is 18.3 Å². The van der Waals surface area contributed by atoms with Gasteiger partial charge in [0.05, 0.1) is 22.4 Å². The van der Waals surface area contributed by atoms with Crippen molar-refractivity contribution < 1.29 is 42.9 Å². The predicted octanol–water partition coefficient (Wildman–Crippen LogP) is -1.11. The summed E-state index contributed by atoms with van der Waals surface area (Å²) in [4.78, 5) is 4.54. The van der Waals surface area contributed by atoms with Crippen LogP contribution >= 0.6 is 0 Å². The molecule has 0 bridgehead atoms. The van der Waals surface area contributed by atoms with Gasteiger partial charge in [-0.3, -0.25) is 0 Å². The third-order valence-electron chi connectivity index (χ3n) is 2.66. The number of anilines is 2. The standard InChI is InChI=1S/C13H11N3.Na.H2O3S/c14-10-3-1-8-5-9-2-4-11(15)7-13(9)16-12(8)6-10;;1-4(2)3/h1-7H,14-15H2;;(H2,1,2,3)/q;+1;/p-1. The molecule has 1 aromatic heterocycles. The Morgan fingerprint density at radius 3 is 1.71 bits per heavy atom. The van der Waals surface area contributed by atoms with Crippen LogP contribution in [0.3, 0.4) is 0 Å². The summed E-state index contributed by atoms with van der Waals surface area (Å²) >= 11 is -2.86. The summed E-state index contributed by atoms with van der Waals surface area (Å²) < 4.78 is 24.1. The average molecular weight is 313 g/mol. The Kier molecular flexibility index (Phi) is 6.53. The number of aromatic nitrogens is 1. The fraction of sp³-hybridized carbons (Fsp3) is 0. The van der Waals surface area contributed by atoms with Crippen LogP contribution in [0.5, 0.6) is 0 Å². The molecule has 0 fully saturated rings. The fourth-order valence-corrected chi connectivity index (χ4v) is 1.86. The van der Waals surface area contributed by atoms with E-state index >= 15 is 0 Å². The minimum absolute atomic E-state index is 0. The monoisotopic (exact) mass is 313 g/mol. The summed E-state index contributed by atoms with van der Waals surface area (Å²) in [6, 6.07) is 13.6. The van der Waals surface area contributed by atoms with E-state index in [1.165, 1.54) is 0 Å². The number of hydrogen-bond acceptors (Lipinski definition) is 5. The van der Waals surface area contributed by atoms with Crippen LogP contribution in [0.1, 0.15) is 0 Å². The van der Waals surface area contributed by atoms with Crippen molar-refractivity contribution in [3.8, 4) is 0 Å². The molecule has 0 aliphatic carbocycles. The van der Waals surface area contributed by atoms with Crippen LogP contribution in [0, 0.1) is 0 Å². The molecule has 5 N–H and O–H groups in total. The second kappa shape index (κ2) is 7.69. The van der Waals surface area contributed by atoms with Crippen LogP contribution < -0.4 is 41.0 Å². The number of benzene rings is 2. The van der Waals surface area contributed by atoms with Gasteiger partial charge in [-0.05, 0) is 30.3 Å². The van der Waals surface area contributed by atoms with Gasteiger partial charge in [-0.25, -0.2) is 9.19 Å². The molecule has 0 saturated carbocycles. The molecule has 3 aromatic rings. The van der Waals surface area contributed by atoms with Crippen LogP contribution in [0.4, 0.5) is 11.4 Å². The maximum atomic E-state index is 8.56. The van der Waals surface area contributed by atoms with Gasteiger partial charge >= 0.3 is 29.6 Å². The molecule has 3 rings (SSSR count). The van der Waals surface area contributed by atoms with Crippen LogP contribution in [0.15, 0.2) is 42.5 Å². The Balaban J connectivity index is 0.000000397. The smallest absolute Gasteiger partial charge is 0.750 e. The van der Waals surface area contributed by atoms with Crippen molar-refractivity contribution in [1.82, 2.24) is 4.98 Å². The minimum atomic E-state index is -2.86. The van der Waals surface area contributed by atoms with Crippen molar-refractivity contribution in [2.45, 2.75) is 0 Å². The third kappa shape index (κ3) is 4.92. The molecule has 8 heteroatoms. The Hall–Kier alpha value is -1.22. The summed E-state index contributed by atoms with van der Waals surface area (Å²) in [6.07, 6.45) is 0. The zero-order chi connectivity index (χ0) is 14.7. The number of fused-ring (bicyclic) bond motifs is 2. The number of nitrogens with zero attached hydrogens (tertiary/aromatic N) is 1. The average Bonchev–Trinajstić information content (AvgIpc) is 2.35. The van der Waals surface area contributed by atoms with Crippen LogP contribution in [-0.2, 0) is 11.4 Å². The van der Waals surface area contributed by atoms with Crippen molar-refractivity contribution in [3.63, 3.8) is 0 Å². The number of nitrogens with two attached hydrogens (primary N) is 2. The van der Waals surface area contributed by atoms with Crippen molar-refractivity contribution in [1.29, 1.82) is 0 Å². The molecule has 0 saturated heterocycles. The summed E-state index contributed by atoms with van der Waals surface area (Å²) in [6.45, 7) is 0. The quantitative estimate of drug-likeness (QED) is 0.209. The normalized spacial score (nSPS) is 11.3. The molecule has 6 nitrogen and oxygen atoms in total. The molecular formula is C13H12N3NaO3S. The number of hydrogen-bond donors (Lipinski definition) is 3. The van der Waals surface area contributed by atoms with Crippen molar-refractivity contribution in [2.24, 2.45) is 0 Å². The first-order valence-electron chi connectivity index (χ1n) is 5.59. The number of pyridine rings is 1. The third-order valence-corrected chi connectivity index (χ3v) is 2.66. The summed E-state index contributed by atoms with van der Waals surface area (Å²) in [5.74, 6) is 0. The molecule has 21 heavy (non-hydrogen) atoms. The maximum Gasteiger partial charge on any atom is 1.00 e. The first-order valence-corrected chi connectivity index (χ1v) is 6.63. The van der Waals surface area contributed by atoms with Gasteiger partial charge in [-0.2, -0.15) is 0 Å². The van der Waals surface area contributed by atoms with E-state index in [0.29, 0.717) is 0 Å². The molecule has 0 radical (unpaired) electrons. The van der Waals surface area contributed by atoms with E-state index in [2.05, 4.69) is 11.1 Å². The van der Waals surface area contributed by atoms with Gasteiger partial charge in [0.15, 0.2) is 0 Å². The molecular weight excluding hydrogens is 301 g/mol. The first-order chi connectivity index (χ1) is 9.45. The van der Waals surface area contributed by atoms with Gasteiger partial charge in [0.1, 0.15) is 0 Å². The van der Waals surface area contributed by atoms with Gasteiger partial charge < -0.3 is 20.6 Å². The Morgan fingerprint density at radius 1 is 0.952 bits per heavy atom. The van der Waals surface area contributed by atoms with Crippen molar-refractivity contribution in [2.75, 3.05) is 11.5 Å². The topological polar surface area (TPSA) is 125 Å². The Labute approximate surface area is 145 Å². The minimum Gasteiger partial charge on any atom is -0.750 e. The molecule has 0 aliphatic heterocycles. The second-order valence-electron chi connectivity index (χ2n) is 4.11. The van der Waals surface area contributed by atoms with E-state index in [4.69, 9.17) is 24.8 Å². The SMILES string of the molecule is Nc1ccc2cc3ccc(N)cc3nc2c1.O=S([O-])O.[Na+]. The number of nitrogen functional groups attached to an aromatic ring is 2. The molecule has 0 spiro atoms. The molecule has 0 amide bonds. The Bertz CT molecular complexity index is 737. The molecule has 1 atom stereocenters. The second-order valence-corrected chi connectivity index (χ2v) is 4.54. The van der Waals surface area contributed by atoms with Gasteiger partial charge in [-0.15, -0.1) is 0 Å². The van der Waals surface area contributed by atoms with E-state index in [9.17, 15) is 0 Å². The van der Waals surface area contributed by atoms with E-state index in [1.807, 2.05) is 36.4 Å². The number of rotatable bonds is 0. The van der Waals surface area contributed by atoms with E-state index in [0.717, 1.165) is 33.2 Å². The van der Waals surface area contributed by atoms with Crippen LogP contribution in [0.25, 0.3) is 21.8 Å². The van der Waals surface area contributed by atoms with E-state index in [1.54, 1.807) is 0 Å². The van der Waals surface area contributed by atoms with Crippen molar-refractivity contribution >= 4 is 44.5 Å². The summed E-state index contributed by atoms with van der Waals surface area (Å²) in [7, 11) is 0. The zero-order valence-electron chi connectivity index (χ0n) is 11.3. The summed E-state index contributed by atoms with van der Waals surface area (Å²) in [5.41, 5.74) is 14.7. The predicted molar refractivity (Wildman–Crippen MR) is 79.6 cm³/mol. The molecule has 2 aromatic carbocycles. The molecule has 104 valence electrons. The zero-order valence-corrected chi connectivity index (χ0v) is 14.1. The van der Waals surface area contributed by atoms with Gasteiger partial charge in [0.25, 0.3) is 0 Å². The first kappa shape index (κ1) is 17.8. The summed E-state index contributed by atoms with van der Waals surface area (Å²) in [5, 5.41) is 2.18. The Morgan fingerprint density at radius 2 is 1.33 bits per heavy atom. The van der Waals surface area contributed by atoms with Gasteiger partial charge in [0, 0.05) is 22.1 Å². The van der Waals surface area contributed by atoms with E-state index < -0.39 is 11.4 Å². The van der Waals surface area contributed by atoms with E-state index in [-0.39, 0.29) is 29.6 Å².